The molecule has 0 spiro atoms. The van der Waals surface area contributed by atoms with E-state index in [9.17, 15) is 9.90 Å². The number of carbonyl (C=O) groups is 1. The summed E-state index contributed by atoms with van der Waals surface area (Å²) >= 11 is 0. The second kappa shape index (κ2) is 5.90. The van der Waals surface area contributed by atoms with E-state index in [4.69, 9.17) is 5.73 Å². The molecule has 2 rings (SSSR count). The fourth-order valence-corrected chi connectivity index (χ4v) is 3.20. The maximum absolute atomic E-state index is 11.3. The predicted octanol–water partition coefficient (Wildman–Crippen LogP) is 3.43. The zero-order chi connectivity index (χ0) is 15.7. The molecule has 0 radical (unpaired) electrons. The molecule has 0 aliphatic carbocycles. The molecule has 0 atom stereocenters. The summed E-state index contributed by atoms with van der Waals surface area (Å²) in [6, 6.07) is 3.91. The molecule has 4 heteroatoms. The van der Waals surface area contributed by atoms with E-state index in [-0.39, 0.29) is 0 Å². The van der Waals surface area contributed by atoms with E-state index in [1.165, 1.54) is 11.3 Å². The Kier molecular flexibility index (Phi) is 4.37. The second-order valence-corrected chi connectivity index (χ2v) is 5.91. The first kappa shape index (κ1) is 15.6. The van der Waals surface area contributed by atoms with Crippen LogP contribution in [0.25, 0.3) is 10.9 Å². The summed E-state index contributed by atoms with van der Waals surface area (Å²) in [5.74, 6) is -0.875. The van der Waals surface area contributed by atoms with Gasteiger partial charge in [0.05, 0.1) is 11.1 Å². The molecule has 114 valence electrons. The number of rotatable bonds is 5. The first-order valence-electron chi connectivity index (χ1n) is 7.45. The van der Waals surface area contributed by atoms with Gasteiger partial charge in [0.2, 0.25) is 0 Å². The highest BCUT2D eigenvalue weighted by atomic mass is 16.4. The van der Waals surface area contributed by atoms with E-state index in [1.54, 1.807) is 6.07 Å². The van der Waals surface area contributed by atoms with Gasteiger partial charge in [-0.15, -0.1) is 0 Å². The molecule has 21 heavy (non-hydrogen) atoms. The van der Waals surface area contributed by atoms with Crippen LogP contribution in [0, 0.1) is 13.8 Å². The highest BCUT2D eigenvalue weighted by Gasteiger charge is 2.19. The van der Waals surface area contributed by atoms with Crippen LogP contribution in [-0.4, -0.2) is 22.2 Å². The lowest BCUT2D eigenvalue weighted by Gasteiger charge is -2.14. The van der Waals surface area contributed by atoms with Crippen molar-refractivity contribution in [1.29, 1.82) is 0 Å². The van der Waals surface area contributed by atoms with Crippen molar-refractivity contribution in [2.45, 2.75) is 46.6 Å². The molecule has 0 amide bonds. The van der Waals surface area contributed by atoms with Gasteiger partial charge in [0.15, 0.2) is 0 Å². The van der Waals surface area contributed by atoms with Gasteiger partial charge in [0.25, 0.3) is 0 Å². The normalized spacial score (nSPS) is 11.5. The maximum atomic E-state index is 11.3. The lowest BCUT2D eigenvalue weighted by Crippen LogP contribution is -2.05. The summed E-state index contributed by atoms with van der Waals surface area (Å²) in [4.78, 5) is 11.3. The van der Waals surface area contributed by atoms with Crippen LogP contribution >= 0.6 is 0 Å². The summed E-state index contributed by atoms with van der Waals surface area (Å²) < 4.78 is 2.31. The molecular weight excluding hydrogens is 264 g/mol. The SMILES string of the molecule is Cc1cc(C(=O)O)cc2c(CCCN)c(C)n(C(C)C)c12. The quantitative estimate of drug-likeness (QED) is 0.885. The Labute approximate surface area is 125 Å². The number of carboxylic acid groups (broad SMARTS) is 1. The first-order chi connectivity index (χ1) is 9.88. The van der Waals surface area contributed by atoms with Crippen molar-refractivity contribution in [1.82, 2.24) is 4.57 Å². The van der Waals surface area contributed by atoms with Gasteiger partial charge in [0, 0.05) is 17.1 Å². The molecule has 1 aromatic heterocycles. The van der Waals surface area contributed by atoms with Gasteiger partial charge in [-0.05, 0) is 70.3 Å². The minimum atomic E-state index is -0.875. The Hall–Kier alpha value is -1.81. The lowest BCUT2D eigenvalue weighted by molar-refractivity contribution is 0.0697. The standard InChI is InChI=1S/C17H24N2O2/c1-10(2)19-12(4)14(6-5-7-18)15-9-13(17(20)21)8-11(3)16(15)19/h8-10H,5-7,18H2,1-4H3,(H,20,21). The van der Waals surface area contributed by atoms with Gasteiger partial charge in [-0.1, -0.05) is 0 Å². The van der Waals surface area contributed by atoms with Crippen LogP contribution < -0.4 is 5.73 Å². The number of hydrogen-bond donors (Lipinski definition) is 2. The van der Waals surface area contributed by atoms with E-state index in [2.05, 4.69) is 25.3 Å². The van der Waals surface area contributed by atoms with Gasteiger partial charge in [-0.25, -0.2) is 4.79 Å². The number of nitrogens with zero attached hydrogens (tertiary/aromatic N) is 1. The van der Waals surface area contributed by atoms with Gasteiger partial charge in [-0.3, -0.25) is 0 Å². The molecule has 0 aliphatic rings. The summed E-state index contributed by atoms with van der Waals surface area (Å²) in [5.41, 5.74) is 10.6. The third-order valence-electron chi connectivity index (χ3n) is 4.06. The average Bonchev–Trinajstić information content (AvgIpc) is 2.69. The zero-order valence-electron chi connectivity index (χ0n) is 13.2. The number of aryl methyl sites for hydroxylation is 2. The third-order valence-corrected chi connectivity index (χ3v) is 4.06. The number of carboxylic acids is 1. The molecule has 1 heterocycles. The van der Waals surface area contributed by atoms with Gasteiger partial charge < -0.3 is 15.4 Å². The van der Waals surface area contributed by atoms with Crippen molar-refractivity contribution < 1.29 is 9.90 Å². The molecule has 0 unspecified atom stereocenters. The van der Waals surface area contributed by atoms with E-state index in [0.717, 1.165) is 29.3 Å². The Morgan fingerprint density at radius 3 is 2.52 bits per heavy atom. The van der Waals surface area contributed by atoms with Gasteiger partial charge >= 0.3 is 5.97 Å². The first-order valence-corrected chi connectivity index (χ1v) is 7.45. The summed E-state index contributed by atoms with van der Waals surface area (Å²) in [6.07, 6.45) is 1.80. The number of aromatic nitrogens is 1. The zero-order valence-corrected chi connectivity index (χ0v) is 13.2. The molecule has 1 aromatic carbocycles. The number of aromatic carboxylic acids is 1. The number of hydrogen-bond acceptors (Lipinski definition) is 2. The van der Waals surface area contributed by atoms with Gasteiger partial charge in [-0.2, -0.15) is 0 Å². The fraction of sp³-hybridized carbons (Fsp3) is 0.471. The molecule has 0 aliphatic heterocycles. The van der Waals surface area contributed by atoms with Crippen LogP contribution in [-0.2, 0) is 6.42 Å². The molecule has 0 fully saturated rings. The predicted molar refractivity (Wildman–Crippen MR) is 86.1 cm³/mol. The number of fused-ring (bicyclic) bond motifs is 1. The van der Waals surface area contributed by atoms with Crippen molar-refractivity contribution in [3.05, 3.63) is 34.5 Å². The molecular formula is C17H24N2O2. The average molecular weight is 288 g/mol. The van der Waals surface area contributed by atoms with Crippen LogP contribution in [0.1, 0.15) is 53.5 Å². The monoisotopic (exact) mass is 288 g/mol. The Bertz CT molecular complexity index is 684. The number of benzene rings is 1. The highest BCUT2D eigenvalue weighted by Crippen LogP contribution is 2.33. The van der Waals surface area contributed by atoms with Crippen molar-refractivity contribution in [2.24, 2.45) is 5.73 Å². The third kappa shape index (κ3) is 2.68. The molecule has 0 bridgehead atoms. The Morgan fingerprint density at radius 2 is 2.00 bits per heavy atom. The second-order valence-electron chi connectivity index (χ2n) is 5.91. The maximum Gasteiger partial charge on any atom is 0.335 e. The summed E-state index contributed by atoms with van der Waals surface area (Å²) in [5, 5.41) is 10.4. The minimum Gasteiger partial charge on any atom is -0.478 e. The fourth-order valence-electron chi connectivity index (χ4n) is 3.20. The van der Waals surface area contributed by atoms with Crippen molar-refractivity contribution in [3.8, 4) is 0 Å². The summed E-state index contributed by atoms with van der Waals surface area (Å²) in [7, 11) is 0. The summed E-state index contributed by atoms with van der Waals surface area (Å²) in [6.45, 7) is 9.06. The molecule has 0 saturated carbocycles. The number of nitrogens with two attached hydrogens (primary N) is 1. The van der Waals surface area contributed by atoms with E-state index in [1.807, 2.05) is 13.0 Å². The smallest absolute Gasteiger partial charge is 0.335 e. The topological polar surface area (TPSA) is 68.2 Å². The molecule has 3 N–H and O–H groups in total. The van der Waals surface area contributed by atoms with Crippen molar-refractivity contribution >= 4 is 16.9 Å². The van der Waals surface area contributed by atoms with E-state index >= 15 is 0 Å². The van der Waals surface area contributed by atoms with E-state index < -0.39 is 5.97 Å². The van der Waals surface area contributed by atoms with E-state index in [0.29, 0.717) is 18.2 Å². The van der Waals surface area contributed by atoms with Crippen LogP contribution in [0.15, 0.2) is 12.1 Å². The highest BCUT2D eigenvalue weighted by molar-refractivity contribution is 5.97. The van der Waals surface area contributed by atoms with Crippen LogP contribution in [0.3, 0.4) is 0 Å². The van der Waals surface area contributed by atoms with Gasteiger partial charge in [0.1, 0.15) is 0 Å². The largest absolute Gasteiger partial charge is 0.478 e. The van der Waals surface area contributed by atoms with Crippen molar-refractivity contribution in [2.75, 3.05) is 6.54 Å². The van der Waals surface area contributed by atoms with Crippen LogP contribution in [0.4, 0.5) is 0 Å². The van der Waals surface area contributed by atoms with Crippen LogP contribution in [0.2, 0.25) is 0 Å². The molecule has 4 nitrogen and oxygen atoms in total. The van der Waals surface area contributed by atoms with Crippen LogP contribution in [0.5, 0.6) is 0 Å². The van der Waals surface area contributed by atoms with Crippen molar-refractivity contribution in [3.63, 3.8) is 0 Å². The minimum absolute atomic E-state index is 0.341. The Balaban J connectivity index is 2.80. The Morgan fingerprint density at radius 1 is 1.33 bits per heavy atom. The molecule has 2 aromatic rings. The molecule has 0 saturated heterocycles. The lowest BCUT2D eigenvalue weighted by atomic mass is 10.0.